The van der Waals surface area contributed by atoms with E-state index >= 15 is 0 Å². The number of amides is 2. The van der Waals surface area contributed by atoms with Gasteiger partial charge in [-0.2, -0.15) is 11.3 Å². The van der Waals surface area contributed by atoms with Crippen LogP contribution in [0.5, 0.6) is 0 Å². The SMILES string of the molecule is CN1CC(C(=O)N(C)Cc2ccsc2)CC1=O. The van der Waals surface area contributed by atoms with Crippen molar-refractivity contribution in [3.05, 3.63) is 22.4 Å². The van der Waals surface area contributed by atoms with Crippen molar-refractivity contribution in [2.45, 2.75) is 13.0 Å². The van der Waals surface area contributed by atoms with Crippen LogP contribution in [0.4, 0.5) is 0 Å². The van der Waals surface area contributed by atoms with Crippen molar-refractivity contribution >= 4 is 23.2 Å². The molecule has 0 radical (unpaired) electrons. The maximum absolute atomic E-state index is 12.1. The number of carbonyl (C=O) groups excluding carboxylic acids is 2. The first-order valence-electron chi connectivity index (χ1n) is 5.58. The third-order valence-electron chi connectivity index (χ3n) is 3.07. The molecule has 2 rings (SSSR count). The first kappa shape index (κ1) is 12.1. The van der Waals surface area contributed by atoms with E-state index in [-0.39, 0.29) is 17.7 Å². The highest BCUT2D eigenvalue weighted by molar-refractivity contribution is 7.07. The molecule has 2 amide bonds. The Labute approximate surface area is 105 Å². The van der Waals surface area contributed by atoms with Crippen LogP contribution in [0, 0.1) is 5.92 Å². The molecule has 4 nitrogen and oxygen atoms in total. The molecule has 0 N–H and O–H groups in total. The minimum atomic E-state index is -0.170. The highest BCUT2D eigenvalue weighted by atomic mass is 32.1. The van der Waals surface area contributed by atoms with Crippen LogP contribution >= 0.6 is 11.3 Å². The molecule has 1 fully saturated rings. The zero-order valence-corrected chi connectivity index (χ0v) is 10.9. The first-order chi connectivity index (χ1) is 8.08. The van der Waals surface area contributed by atoms with Gasteiger partial charge in [0, 0.05) is 33.6 Å². The molecule has 1 aromatic rings. The topological polar surface area (TPSA) is 40.6 Å². The second-order valence-corrected chi connectivity index (χ2v) is 5.28. The van der Waals surface area contributed by atoms with E-state index in [0.29, 0.717) is 19.5 Å². The maximum atomic E-state index is 12.1. The summed E-state index contributed by atoms with van der Waals surface area (Å²) in [5, 5.41) is 4.04. The minimum absolute atomic E-state index is 0.0623. The number of likely N-dealkylation sites (tertiary alicyclic amines) is 1. The van der Waals surface area contributed by atoms with Crippen molar-refractivity contribution in [1.82, 2.24) is 9.80 Å². The van der Waals surface area contributed by atoms with Crippen LogP contribution in [0.1, 0.15) is 12.0 Å². The van der Waals surface area contributed by atoms with Gasteiger partial charge >= 0.3 is 0 Å². The molecule has 1 saturated heterocycles. The minimum Gasteiger partial charge on any atom is -0.345 e. The van der Waals surface area contributed by atoms with Gasteiger partial charge < -0.3 is 9.80 Å². The fourth-order valence-electron chi connectivity index (χ4n) is 2.08. The van der Waals surface area contributed by atoms with Gasteiger partial charge in [-0.05, 0) is 22.4 Å². The fraction of sp³-hybridized carbons (Fsp3) is 0.500. The second-order valence-electron chi connectivity index (χ2n) is 4.50. The summed E-state index contributed by atoms with van der Waals surface area (Å²) in [5.41, 5.74) is 1.14. The highest BCUT2D eigenvalue weighted by Gasteiger charge is 2.33. The smallest absolute Gasteiger partial charge is 0.228 e. The van der Waals surface area contributed by atoms with Gasteiger partial charge in [0.25, 0.3) is 0 Å². The summed E-state index contributed by atoms with van der Waals surface area (Å²) in [5.74, 6) is -0.0441. The first-order valence-corrected chi connectivity index (χ1v) is 6.52. The normalized spacial score (nSPS) is 19.8. The monoisotopic (exact) mass is 252 g/mol. The summed E-state index contributed by atoms with van der Waals surface area (Å²) in [6, 6.07) is 2.01. The van der Waals surface area contributed by atoms with Crippen molar-refractivity contribution in [1.29, 1.82) is 0 Å². The van der Waals surface area contributed by atoms with Crippen LogP contribution in [-0.2, 0) is 16.1 Å². The molecule has 17 heavy (non-hydrogen) atoms. The van der Waals surface area contributed by atoms with Crippen LogP contribution in [0.3, 0.4) is 0 Å². The summed E-state index contributed by atoms with van der Waals surface area (Å²) >= 11 is 1.63. The van der Waals surface area contributed by atoms with E-state index in [0.717, 1.165) is 5.56 Å². The molecule has 1 atom stereocenters. The molecule has 0 spiro atoms. The summed E-state index contributed by atoms with van der Waals surface area (Å²) in [7, 11) is 3.54. The van der Waals surface area contributed by atoms with E-state index in [1.165, 1.54) is 0 Å². The zero-order chi connectivity index (χ0) is 12.4. The number of rotatable bonds is 3. The lowest BCUT2D eigenvalue weighted by molar-refractivity contribution is -0.135. The zero-order valence-electron chi connectivity index (χ0n) is 10.0. The Hall–Kier alpha value is -1.36. The number of hydrogen-bond donors (Lipinski definition) is 0. The Balaban J connectivity index is 1.94. The Kier molecular flexibility index (Phi) is 3.47. The Morgan fingerprint density at radius 3 is 2.94 bits per heavy atom. The molecule has 1 unspecified atom stereocenters. The number of hydrogen-bond acceptors (Lipinski definition) is 3. The summed E-state index contributed by atoms with van der Waals surface area (Å²) in [6.45, 7) is 1.17. The van der Waals surface area contributed by atoms with Crippen molar-refractivity contribution in [3.8, 4) is 0 Å². The van der Waals surface area contributed by atoms with Crippen molar-refractivity contribution in [2.75, 3.05) is 20.6 Å². The molecule has 1 aliphatic rings. The molecular formula is C12H16N2O2S. The maximum Gasteiger partial charge on any atom is 0.228 e. The van der Waals surface area contributed by atoms with Crippen LogP contribution in [-0.4, -0.2) is 42.3 Å². The van der Waals surface area contributed by atoms with E-state index in [2.05, 4.69) is 0 Å². The van der Waals surface area contributed by atoms with E-state index in [1.54, 1.807) is 35.2 Å². The third kappa shape index (κ3) is 2.66. The van der Waals surface area contributed by atoms with Crippen LogP contribution in [0.15, 0.2) is 16.8 Å². The summed E-state index contributed by atoms with van der Waals surface area (Å²) < 4.78 is 0. The average Bonchev–Trinajstić information content (AvgIpc) is 2.89. The standard InChI is InChI=1S/C12H16N2O2S/c1-13-7-10(5-11(13)15)12(16)14(2)6-9-3-4-17-8-9/h3-4,8,10H,5-7H2,1-2H3. The third-order valence-corrected chi connectivity index (χ3v) is 3.80. The second kappa shape index (κ2) is 4.87. The molecule has 0 bridgehead atoms. The molecule has 2 heterocycles. The van der Waals surface area contributed by atoms with Crippen molar-refractivity contribution in [3.63, 3.8) is 0 Å². The number of nitrogens with zero attached hydrogens (tertiary/aromatic N) is 2. The fourth-order valence-corrected chi connectivity index (χ4v) is 2.73. The van der Waals surface area contributed by atoms with Gasteiger partial charge in [-0.1, -0.05) is 0 Å². The molecule has 0 saturated carbocycles. The molecule has 92 valence electrons. The lowest BCUT2D eigenvalue weighted by Crippen LogP contribution is -2.33. The predicted molar refractivity (Wildman–Crippen MR) is 66.5 cm³/mol. The largest absolute Gasteiger partial charge is 0.345 e. The van der Waals surface area contributed by atoms with Gasteiger partial charge in [0.15, 0.2) is 0 Å². The van der Waals surface area contributed by atoms with Gasteiger partial charge in [0.05, 0.1) is 5.92 Å². The highest BCUT2D eigenvalue weighted by Crippen LogP contribution is 2.19. The molecule has 0 aliphatic carbocycles. The summed E-state index contributed by atoms with van der Waals surface area (Å²) in [4.78, 5) is 26.8. The van der Waals surface area contributed by atoms with Gasteiger partial charge in [0.2, 0.25) is 11.8 Å². The van der Waals surface area contributed by atoms with Gasteiger partial charge in [0.1, 0.15) is 0 Å². The van der Waals surface area contributed by atoms with E-state index in [1.807, 2.05) is 16.8 Å². The van der Waals surface area contributed by atoms with Crippen molar-refractivity contribution in [2.24, 2.45) is 5.92 Å². The van der Waals surface area contributed by atoms with E-state index in [9.17, 15) is 9.59 Å². The van der Waals surface area contributed by atoms with Gasteiger partial charge in [-0.15, -0.1) is 0 Å². The van der Waals surface area contributed by atoms with E-state index < -0.39 is 0 Å². The molecule has 1 aromatic heterocycles. The van der Waals surface area contributed by atoms with Gasteiger partial charge in [-0.3, -0.25) is 9.59 Å². The molecule has 5 heteroatoms. The van der Waals surface area contributed by atoms with Crippen LogP contribution in [0.2, 0.25) is 0 Å². The van der Waals surface area contributed by atoms with Crippen molar-refractivity contribution < 1.29 is 9.59 Å². The molecular weight excluding hydrogens is 236 g/mol. The quantitative estimate of drug-likeness (QED) is 0.810. The Morgan fingerprint density at radius 2 is 2.41 bits per heavy atom. The van der Waals surface area contributed by atoms with Crippen LogP contribution < -0.4 is 0 Å². The average molecular weight is 252 g/mol. The lowest BCUT2D eigenvalue weighted by Gasteiger charge is -2.20. The molecule has 0 aromatic carbocycles. The summed E-state index contributed by atoms with van der Waals surface area (Å²) in [6.07, 6.45) is 0.351. The molecule has 1 aliphatic heterocycles. The number of carbonyl (C=O) groups is 2. The van der Waals surface area contributed by atoms with Gasteiger partial charge in [-0.25, -0.2) is 0 Å². The Morgan fingerprint density at radius 1 is 1.65 bits per heavy atom. The number of thiophene rings is 1. The van der Waals surface area contributed by atoms with E-state index in [4.69, 9.17) is 0 Å². The van der Waals surface area contributed by atoms with Crippen LogP contribution in [0.25, 0.3) is 0 Å². The predicted octanol–water partition coefficient (Wildman–Crippen LogP) is 1.18. The Bertz CT molecular complexity index is 416. The lowest BCUT2D eigenvalue weighted by atomic mass is 10.1.